The molecule has 5 nitrogen and oxygen atoms in total. The van der Waals surface area contributed by atoms with Crippen LogP contribution >= 0.6 is 0 Å². The number of nitrogens with one attached hydrogen (secondary N) is 1. The van der Waals surface area contributed by atoms with E-state index in [0.717, 1.165) is 31.7 Å². The molecule has 1 aromatic heterocycles. The number of nitrogens with zero attached hydrogens (tertiary/aromatic N) is 1. The zero-order chi connectivity index (χ0) is 14.5. The van der Waals surface area contributed by atoms with E-state index < -0.39 is 0 Å². The van der Waals surface area contributed by atoms with Crippen LogP contribution in [0.3, 0.4) is 0 Å². The highest BCUT2D eigenvalue weighted by atomic mass is 16.5. The van der Waals surface area contributed by atoms with E-state index in [-0.39, 0.29) is 11.8 Å². The second-order valence-corrected chi connectivity index (χ2v) is 5.65. The van der Waals surface area contributed by atoms with E-state index in [9.17, 15) is 4.79 Å². The number of pyridine rings is 1. The number of anilines is 1. The van der Waals surface area contributed by atoms with Crippen LogP contribution in [0.2, 0.25) is 0 Å². The number of hydrogen-bond donors (Lipinski definition) is 2. The lowest BCUT2D eigenvalue weighted by Gasteiger charge is -2.22. The summed E-state index contributed by atoms with van der Waals surface area (Å²) in [7, 11) is 0. The number of nitrogen functional groups attached to an aromatic ring is 1. The zero-order valence-corrected chi connectivity index (χ0v) is 12.2. The molecule has 0 aromatic carbocycles. The van der Waals surface area contributed by atoms with Gasteiger partial charge in [0.05, 0.1) is 6.61 Å². The van der Waals surface area contributed by atoms with Crippen LogP contribution in [0.1, 0.15) is 48.7 Å². The summed E-state index contributed by atoms with van der Waals surface area (Å²) in [5.41, 5.74) is 7.19. The lowest BCUT2D eigenvalue weighted by molar-refractivity contribution is 0.0536. The van der Waals surface area contributed by atoms with Crippen LogP contribution in [0.25, 0.3) is 0 Å². The van der Waals surface area contributed by atoms with Crippen LogP contribution in [0.15, 0.2) is 12.1 Å². The van der Waals surface area contributed by atoms with E-state index in [2.05, 4.69) is 10.3 Å². The lowest BCUT2D eigenvalue weighted by atomic mass is 10.0. The Kier molecular flexibility index (Phi) is 4.95. The third-order valence-corrected chi connectivity index (χ3v) is 3.52. The van der Waals surface area contributed by atoms with E-state index in [1.165, 1.54) is 0 Å². The molecule has 2 heterocycles. The Bertz CT molecular complexity index is 468. The first-order valence-electron chi connectivity index (χ1n) is 7.19. The van der Waals surface area contributed by atoms with Crippen LogP contribution in [0.4, 0.5) is 5.82 Å². The largest absolute Gasteiger partial charge is 0.384 e. The Balaban J connectivity index is 1.97. The highest BCUT2D eigenvalue weighted by molar-refractivity contribution is 5.94. The number of ether oxygens (including phenoxy) is 1. The van der Waals surface area contributed by atoms with E-state index >= 15 is 0 Å². The van der Waals surface area contributed by atoms with Gasteiger partial charge in [-0.2, -0.15) is 0 Å². The van der Waals surface area contributed by atoms with Gasteiger partial charge in [0.25, 0.3) is 5.91 Å². The molecule has 1 atom stereocenters. The summed E-state index contributed by atoms with van der Waals surface area (Å²) in [5, 5.41) is 2.96. The molecule has 0 aliphatic carbocycles. The van der Waals surface area contributed by atoms with Gasteiger partial charge < -0.3 is 15.8 Å². The van der Waals surface area contributed by atoms with Crippen molar-refractivity contribution in [1.82, 2.24) is 10.3 Å². The maximum atomic E-state index is 12.2. The summed E-state index contributed by atoms with van der Waals surface area (Å²) in [6, 6.07) is 3.44. The number of carbonyl (C=O) groups is 1. The van der Waals surface area contributed by atoms with Crippen molar-refractivity contribution in [3.8, 4) is 0 Å². The van der Waals surface area contributed by atoms with Crippen LogP contribution in [-0.4, -0.2) is 30.6 Å². The first-order valence-corrected chi connectivity index (χ1v) is 7.19. The average Bonchev–Trinajstić information content (AvgIpc) is 2.45. The Labute approximate surface area is 119 Å². The molecule has 0 spiro atoms. The smallest absolute Gasteiger partial charge is 0.251 e. The first kappa shape index (κ1) is 14.8. The molecule has 1 amide bonds. The van der Waals surface area contributed by atoms with Crippen LogP contribution < -0.4 is 11.1 Å². The molecule has 5 heteroatoms. The third-order valence-electron chi connectivity index (χ3n) is 3.52. The summed E-state index contributed by atoms with van der Waals surface area (Å²) in [5.74, 6) is 0.960. The topological polar surface area (TPSA) is 77.2 Å². The SMILES string of the molecule is CC(C)c1cc(C(=O)NCC2CCCOC2)cc(N)n1. The molecule has 0 radical (unpaired) electrons. The molecule has 3 N–H and O–H groups in total. The average molecular weight is 277 g/mol. The summed E-state index contributed by atoms with van der Waals surface area (Å²) in [6.45, 7) is 6.28. The van der Waals surface area contributed by atoms with Crippen LogP contribution in [-0.2, 0) is 4.74 Å². The van der Waals surface area contributed by atoms with Crippen molar-refractivity contribution < 1.29 is 9.53 Å². The molecule has 1 fully saturated rings. The molecular weight excluding hydrogens is 254 g/mol. The standard InChI is InChI=1S/C15H23N3O2/c1-10(2)13-6-12(7-14(16)18-13)15(19)17-8-11-4-3-5-20-9-11/h6-7,10-11H,3-5,8-9H2,1-2H3,(H2,16,18)(H,17,19). The Morgan fingerprint density at radius 1 is 1.55 bits per heavy atom. The molecule has 110 valence electrons. The molecule has 1 unspecified atom stereocenters. The molecule has 0 bridgehead atoms. The predicted octanol–water partition coefficient (Wildman–Crippen LogP) is 1.94. The summed E-state index contributed by atoms with van der Waals surface area (Å²) < 4.78 is 5.41. The van der Waals surface area contributed by atoms with Gasteiger partial charge in [-0.15, -0.1) is 0 Å². The van der Waals surface area contributed by atoms with Crippen molar-refractivity contribution in [2.75, 3.05) is 25.5 Å². The van der Waals surface area contributed by atoms with Gasteiger partial charge >= 0.3 is 0 Å². The van der Waals surface area contributed by atoms with E-state index in [1.54, 1.807) is 6.07 Å². The molecule has 1 aliphatic rings. The van der Waals surface area contributed by atoms with Gasteiger partial charge in [-0.3, -0.25) is 4.79 Å². The number of aromatic nitrogens is 1. The molecule has 1 aliphatic heterocycles. The fourth-order valence-corrected chi connectivity index (χ4v) is 2.31. The number of amides is 1. The minimum absolute atomic E-state index is 0.0911. The fraction of sp³-hybridized carbons (Fsp3) is 0.600. The van der Waals surface area contributed by atoms with Crippen molar-refractivity contribution in [2.45, 2.75) is 32.6 Å². The first-order chi connectivity index (χ1) is 9.56. The minimum Gasteiger partial charge on any atom is -0.384 e. The van der Waals surface area contributed by atoms with Gasteiger partial charge in [0, 0.05) is 24.4 Å². The van der Waals surface area contributed by atoms with Crippen molar-refractivity contribution in [3.63, 3.8) is 0 Å². The van der Waals surface area contributed by atoms with Gasteiger partial charge in [0.2, 0.25) is 0 Å². The van der Waals surface area contributed by atoms with Crippen molar-refractivity contribution in [3.05, 3.63) is 23.4 Å². The zero-order valence-electron chi connectivity index (χ0n) is 12.2. The number of nitrogens with two attached hydrogens (primary N) is 1. The quantitative estimate of drug-likeness (QED) is 0.881. The Morgan fingerprint density at radius 3 is 3.00 bits per heavy atom. The predicted molar refractivity (Wildman–Crippen MR) is 78.6 cm³/mol. The summed E-state index contributed by atoms with van der Waals surface area (Å²) in [4.78, 5) is 16.4. The monoisotopic (exact) mass is 277 g/mol. The highest BCUT2D eigenvalue weighted by Crippen LogP contribution is 2.16. The minimum atomic E-state index is -0.0911. The van der Waals surface area contributed by atoms with Crippen molar-refractivity contribution >= 4 is 11.7 Å². The molecule has 20 heavy (non-hydrogen) atoms. The van der Waals surface area contributed by atoms with E-state index in [1.807, 2.05) is 19.9 Å². The Hall–Kier alpha value is -1.62. The van der Waals surface area contributed by atoms with E-state index in [0.29, 0.717) is 23.8 Å². The molecular formula is C15H23N3O2. The number of carbonyl (C=O) groups excluding carboxylic acids is 1. The molecule has 0 saturated carbocycles. The van der Waals surface area contributed by atoms with Gasteiger partial charge in [-0.25, -0.2) is 4.98 Å². The molecule has 1 aromatic rings. The maximum absolute atomic E-state index is 12.2. The second kappa shape index (κ2) is 6.70. The Morgan fingerprint density at radius 2 is 2.35 bits per heavy atom. The van der Waals surface area contributed by atoms with Crippen molar-refractivity contribution in [1.29, 1.82) is 0 Å². The summed E-state index contributed by atoms with van der Waals surface area (Å²) >= 11 is 0. The van der Waals surface area contributed by atoms with Crippen molar-refractivity contribution in [2.24, 2.45) is 5.92 Å². The van der Waals surface area contributed by atoms with Crippen LogP contribution in [0.5, 0.6) is 0 Å². The lowest BCUT2D eigenvalue weighted by Crippen LogP contribution is -2.33. The second-order valence-electron chi connectivity index (χ2n) is 5.65. The van der Waals surface area contributed by atoms with Gasteiger partial charge in [0.15, 0.2) is 0 Å². The normalized spacial score (nSPS) is 19.1. The van der Waals surface area contributed by atoms with Gasteiger partial charge in [-0.05, 0) is 36.8 Å². The number of hydrogen-bond acceptors (Lipinski definition) is 4. The van der Waals surface area contributed by atoms with Gasteiger partial charge in [-0.1, -0.05) is 13.8 Å². The van der Waals surface area contributed by atoms with E-state index in [4.69, 9.17) is 10.5 Å². The highest BCUT2D eigenvalue weighted by Gasteiger charge is 2.16. The number of rotatable bonds is 4. The van der Waals surface area contributed by atoms with Gasteiger partial charge in [0.1, 0.15) is 5.82 Å². The van der Waals surface area contributed by atoms with Crippen LogP contribution in [0, 0.1) is 5.92 Å². The maximum Gasteiger partial charge on any atom is 0.251 e. The molecule has 2 rings (SSSR count). The molecule has 1 saturated heterocycles. The summed E-state index contributed by atoms with van der Waals surface area (Å²) in [6.07, 6.45) is 2.18. The fourth-order valence-electron chi connectivity index (χ4n) is 2.31. The third kappa shape index (κ3) is 3.93.